The third-order valence-corrected chi connectivity index (χ3v) is 4.42. The van der Waals surface area contributed by atoms with Crippen molar-refractivity contribution in [3.05, 3.63) is 29.3 Å². The highest BCUT2D eigenvalue weighted by Gasteiger charge is 2.25. The van der Waals surface area contributed by atoms with Crippen LogP contribution >= 0.6 is 0 Å². The van der Waals surface area contributed by atoms with Crippen LogP contribution in [0.4, 0.5) is 0 Å². The van der Waals surface area contributed by atoms with Crippen molar-refractivity contribution in [2.24, 2.45) is 11.8 Å². The van der Waals surface area contributed by atoms with Gasteiger partial charge in [-0.15, -0.1) is 0 Å². The molecule has 1 aliphatic rings. The van der Waals surface area contributed by atoms with Crippen LogP contribution in [-0.4, -0.2) is 24.7 Å². The number of aliphatic carboxylic acids is 1. The lowest BCUT2D eigenvalue weighted by molar-refractivity contribution is -0.143. The molecular weight excluding hydrogens is 266 g/mol. The van der Waals surface area contributed by atoms with Gasteiger partial charge in [0.1, 0.15) is 5.75 Å². The second kappa shape index (κ2) is 7.46. The fourth-order valence-electron chi connectivity index (χ4n) is 3.08. The summed E-state index contributed by atoms with van der Waals surface area (Å²) in [5.41, 5.74) is 2.41. The molecule has 116 valence electrons. The Bertz CT molecular complexity index is 479. The molecule has 4 nitrogen and oxygen atoms in total. The number of carboxylic acid groups (broad SMARTS) is 1. The Kier molecular flexibility index (Phi) is 5.62. The van der Waals surface area contributed by atoms with E-state index in [0.717, 1.165) is 50.1 Å². The zero-order chi connectivity index (χ0) is 15.2. The van der Waals surface area contributed by atoms with E-state index in [0.29, 0.717) is 5.92 Å². The van der Waals surface area contributed by atoms with E-state index in [1.54, 1.807) is 7.11 Å². The molecule has 4 heteroatoms. The lowest BCUT2D eigenvalue weighted by Gasteiger charge is -2.26. The van der Waals surface area contributed by atoms with E-state index in [-0.39, 0.29) is 5.92 Å². The van der Waals surface area contributed by atoms with Gasteiger partial charge in [-0.25, -0.2) is 0 Å². The molecule has 2 N–H and O–H groups in total. The van der Waals surface area contributed by atoms with E-state index in [2.05, 4.69) is 24.4 Å². The molecule has 0 unspecified atom stereocenters. The van der Waals surface area contributed by atoms with Crippen molar-refractivity contribution in [2.45, 2.75) is 39.2 Å². The molecule has 0 bridgehead atoms. The SMILES string of the molecule is COc1ccc(CNCC2CCC(C(=O)O)CC2)cc1C. The summed E-state index contributed by atoms with van der Waals surface area (Å²) in [7, 11) is 1.69. The molecule has 0 atom stereocenters. The topological polar surface area (TPSA) is 58.6 Å². The molecule has 1 fully saturated rings. The van der Waals surface area contributed by atoms with Crippen LogP contribution in [0.2, 0.25) is 0 Å². The first-order chi connectivity index (χ1) is 10.1. The molecule has 2 rings (SSSR count). The molecular formula is C17H25NO3. The van der Waals surface area contributed by atoms with Crippen molar-refractivity contribution in [1.82, 2.24) is 5.32 Å². The van der Waals surface area contributed by atoms with E-state index >= 15 is 0 Å². The molecule has 1 aromatic carbocycles. The highest BCUT2D eigenvalue weighted by atomic mass is 16.5. The first-order valence-corrected chi connectivity index (χ1v) is 7.67. The summed E-state index contributed by atoms with van der Waals surface area (Å²) in [6.45, 7) is 3.87. The van der Waals surface area contributed by atoms with Crippen LogP contribution in [0.25, 0.3) is 0 Å². The molecule has 1 aromatic rings. The van der Waals surface area contributed by atoms with Crippen molar-refractivity contribution in [1.29, 1.82) is 0 Å². The monoisotopic (exact) mass is 291 g/mol. The number of carbonyl (C=O) groups is 1. The van der Waals surface area contributed by atoms with E-state index in [1.807, 2.05) is 6.07 Å². The lowest BCUT2D eigenvalue weighted by atomic mass is 9.82. The van der Waals surface area contributed by atoms with Crippen LogP contribution in [-0.2, 0) is 11.3 Å². The van der Waals surface area contributed by atoms with E-state index in [9.17, 15) is 4.79 Å². The zero-order valence-corrected chi connectivity index (χ0v) is 12.9. The Labute approximate surface area is 126 Å². The maximum absolute atomic E-state index is 10.9. The maximum Gasteiger partial charge on any atom is 0.306 e. The Morgan fingerprint density at radius 1 is 1.33 bits per heavy atom. The van der Waals surface area contributed by atoms with Gasteiger partial charge in [0.25, 0.3) is 0 Å². The molecule has 0 aromatic heterocycles. The van der Waals surface area contributed by atoms with Gasteiger partial charge < -0.3 is 15.2 Å². The van der Waals surface area contributed by atoms with Gasteiger partial charge >= 0.3 is 5.97 Å². The zero-order valence-electron chi connectivity index (χ0n) is 12.9. The van der Waals surface area contributed by atoms with Crippen LogP contribution in [0.1, 0.15) is 36.8 Å². The predicted octanol–water partition coefficient (Wildman–Crippen LogP) is 2.98. The van der Waals surface area contributed by atoms with Crippen LogP contribution in [0.3, 0.4) is 0 Å². The molecule has 21 heavy (non-hydrogen) atoms. The van der Waals surface area contributed by atoms with Gasteiger partial charge in [-0.2, -0.15) is 0 Å². The lowest BCUT2D eigenvalue weighted by Crippen LogP contribution is -2.28. The van der Waals surface area contributed by atoms with Gasteiger partial charge in [-0.3, -0.25) is 4.79 Å². The van der Waals surface area contributed by atoms with Crippen molar-refractivity contribution >= 4 is 5.97 Å². The van der Waals surface area contributed by atoms with Gasteiger partial charge in [0.05, 0.1) is 13.0 Å². The van der Waals surface area contributed by atoms with Crippen molar-refractivity contribution in [3.8, 4) is 5.75 Å². The molecule has 0 heterocycles. The second-order valence-electron chi connectivity index (χ2n) is 5.99. The summed E-state index contributed by atoms with van der Waals surface area (Å²) in [5, 5.41) is 12.5. The predicted molar refractivity (Wildman–Crippen MR) is 82.5 cm³/mol. The number of hydrogen-bond donors (Lipinski definition) is 2. The van der Waals surface area contributed by atoms with Gasteiger partial charge in [0.2, 0.25) is 0 Å². The van der Waals surface area contributed by atoms with Crippen molar-refractivity contribution < 1.29 is 14.6 Å². The summed E-state index contributed by atoms with van der Waals surface area (Å²) >= 11 is 0. The Morgan fingerprint density at radius 3 is 2.62 bits per heavy atom. The number of rotatable bonds is 6. The fraction of sp³-hybridized carbons (Fsp3) is 0.588. The molecule has 0 saturated heterocycles. The highest BCUT2D eigenvalue weighted by molar-refractivity contribution is 5.69. The van der Waals surface area contributed by atoms with Crippen LogP contribution in [0.5, 0.6) is 5.75 Å². The Hall–Kier alpha value is -1.55. The minimum absolute atomic E-state index is 0.120. The average Bonchev–Trinajstić information content (AvgIpc) is 2.48. The van der Waals surface area contributed by atoms with E-state index < -0.39 is 5.97 Å². The molecule has 1 aliphatic carbocycles. The number of aryl methyl sites for hydroxylation is 1. The van der Waals surface area contributed by atoms with Gasteiger partial charge in [0.15, 0.2) is 0 Å². The standard InChI is InChI=1S/C17H25NO3/c1-12-9-14(5-8-16(12)21-2)11-18-10-13-3-6-15(7-4-13)17(19)20/h5,8-9,13,15,18H,3-4,6-7,10-11H2,1-2H3,(H,19,20). The summed E-state index contributed by atoms with van der Waals surface area (Å²) in [6.07, 6.45) is 3.68. The second-order valence-corrected chi connectivity index (χ2v) is 5.99. The normalized spacial score (nSPS) is 22.0. The largest absolute Gasteiger partial charge is 0.496 e. The molecule has 0 aliphatic heterocycles. The van der Waals surface area contributed by atoms with Crippen LogP contribution < -0.4 is 10.1 Å². The third-order valence-electron chi connectivity index (χ3n) is 4.42. The molecule has 1 saturated carbocycles. The first-order valence-electron chi connectivity index (χ1n) is 7.67. The van der Waals surface area contributed by atoms with Crippen molar-refractivity contribution in [3.63, 3.8) is 0 Å². The van der Waals surface area contributed by atoms with Crippen LogP contribution in [0, 0.1) is 18.8 Å². The fourth-order valence-corrected chi connectivity index (χ4v) is 3.08. The summed E-state index contributed by atoms with van der Waals surface area (Å²) in [4.78, 5) is 10.9. The summed E-state index contributed by atoms with van der Waals surface area (Å²) in [5.74, 6) is 0.784. The van der Waals surface area contributed by atoms with Gasteiger partial charge in [0, 0.05) is 6.54 Å². The minimum atomic E-state index is -0.630. The minimum Gasteiger partial charge on any atom is -0.496 e. The number of hydrogen-bond acceptors (Lipinski definition) is 3. The Morgan fingerprint density at radius 2 is 2.05 bits per heavy atom. The third kappa shape index (κ3) is 4.46. The Balaban J connectivity index is 1.73. The van der Waals surface area contributed by atoms with Crippen LogP contribution in [0.15, 0.2) is 18.2 Å². The smallest absolute Gasteiger partial charge is 0.306 e. The average molecular weight is 291 g/mol. The quantitative estimate of drug-likeness (QED) is 0.846. The molecule has 0 spiro atoms. The number of nitrogens with one attached hydrogen (secondary N) is 1. The van der Waals surface area contributed by atoms with Crippen molar-refractivity contribution in [2.75, 3.05) is 13.7 Å². The number of methoxy groups -OCH3 is 1. The maximum atomic E-state index is 10.9. The molecule has 0 radical (unpaired) electrons. The molecule has 0 amide bonds. The van der Waals surface area contributed by atoms with E-state index in [1.165, 1.54) is 5.56 Å². The highest BCUT2D eigenvalue weighted by Crippen LogP contribution is 2.28. The van der Waals surface area contributed by atoms with Gasteiger partial charge in [-0.05, 0) is 62.3 Å². The number of benzene rings is 1. The number of ether oxygens (including phenoxy) is 1. The summed E-state index contributed by atoms with van der Waals surface area (Å²) < 4.78 is 5.26. The first kappa shape index (κ1) is 15.8. The van der Waals surface area contributed by atoms with E-state index in [4.69, 9.17) is 9.84 Å². The number of carboxylic acids is 1. The van der Waals surface area contributed by atoms with Gasteiger partial charge in [-0.1, -0.05) is 12.1 Å². The summed E-state index contributed by atoms with van der Waals surface area (Å²) in [6, 6.07) is 6.23.